The minimum atomic E-state index is -3.00. The van der Waals surface area contributed by atoms with Gasteiger partial charge in [0.1, 0.15) is 5.82 Å². The van der Waals surface area contributed by atoms with E-state index in [0.717, 1.165) is 17.1 Å². The van der Waals surface area contributed by atoms with E-state index in [1.165, 1.54) is 6.20 Å². The Kier molecular flexibility index (Phi) is 5.33. The molecule has 1 aliphatic rings. The fraction of sp³-hybridized carbons (Fsp3) is 0.438. The van der Waals surface area contributed by atoms with Gasteiger partial charge >= 0.3 is 0 Å². The first-order valence-electron chi connectivity index (χ1n) is 8.10. The van der Waals surface area contributed by atoms with Gasteiger partial charge in [0.25, 0.3) is 5.91 Å². The van der Waals surface area contributed by atoms with E-state index < -0.39 is 9.84 Å². The molecule has 0 aromatic carbocycles. The highest BCUT2D eigenvalue weighted by atomic mass is 32.2. The van der Waals surface area contributed by atoms with Crippen LogP contribution in [0.4, 0.5) is 5.82 Å². The van der Waals surface area contributed by atoms with Gasteiger partial charge in [-0.25, -0.2) is 18.4 Å². The predicted octanol–water partition coefficient (Wildman–Crippen LogP) is 1.58. The molecule has 0 bridgehead atoms. The summed E-state index contributed by atoms with van der Waals surface area (Å²) in [6.07, 6.45) is 2.45. The Balaban J connectivity index is 1.57. The minimum Gasteiger partial charge on any atom is -0.364 e. The zero-order chi connectivity index (χ0) is 17.9. The summed E-state index contributed by atoms with van der Waals surface area (Å²) in [6, 6.07) is 3.46. The van der Waals surface area contributed by atoms with E-state index in [1.54, 1.807) is 28.4 Å². The Morgan fingerprint density at radius 3 is 2.68 bits per heavy atom. The highest BCUT2D eigenvalue weighted by molar-refractivity contribution is 7.91. The van der Waals surface area contributed by atoms with Gasteiger partial charge < -0.3 is 10.2 Å². The third-order valence-electron chi connectivity index (χ3n) is 3.99. The van der Waals surface area contributed by atoms with Gasteiger partial charge in [0.05, 0.1) is 34.3 Å². The van der Waals surface area contributed by atoms with Crippen LogP contribution in [0.15, 0.2) is 23.7 Å². The molecular formula is C16H20N4O3S2. The van der Waals surface area contributed by atoms with Gasteiger partial charge in [0.15, 0.2) is 9.84 Å². The molecule has 9 heteroatoms. The molecule has 3 heterocycles. The molecule has 1 amide bonds. The van der Waals surface area contributed by atoms with Crippen molar-refractivity contribution in [2.75, 3.05) is 29.9 Å². The van der Waals surface area contributed by atoms with E-state index in [2.05, 4.69) is 22.2 Å². The summed E-state index contributed by atoms with van der Waals surface area (Å²) in [4.78, 5) is 22.7. The van der Waals surface area contributed by atoms with Crippen molar-refractivity contribution >= 4 is 32.9 Å². The molecule has 1 aliphatic heterocycles. The van der Waals surface area contributed by atoms with Crippen molar-refractivity contribution in [1.82, 2.24) is 14.9 Å². The molecule has 1 saturated heterocycles. The van der Waals surface area contributed by atoms with Gasteiger partial charge in [-0.15, -0.1) is 11.3 Å². The molecule has 3 rings (SSSR count). The average molecular weight is 380 g/mol. The number of amides is 1. The van der Waals surface area contributed by atoms with Crippen molar-refractivity contribution in [2.45, 2.75) is 19.9 Å². The standard InChI is InChI=1S/C16H20N4O3S2/c1-2-15-19-13(11-24-15)10-18-14-4-3-12(9-17-14)16(21)20-5-7-25(22,23)8-6-20/h3-4,9,11H,2,5-8,10H2,1H3,(H,17,18). The molecule has 25 heavy (non-hydrogen) atoms. The number of aryl methyl sites for hydroxylation is 1. The summed E-state index contributed by atoms with van der Waals surface area (Å²) >= 11 is 1.64. The van der Waals surface area contributed by atoms with Crippen molar-refractivity contribution < 1.29 is 13.2 Å². The van der Waals surface area contributed by atoms with Crippen LogP contribution in [0, 0.1) is 0 Å². The van der Waals surface area contributed by atoms with Crippen LogP contribution in [0.3, 0.4) is 0 Å². The summed E-state index contributed by atoms with van der Waals surface area (Å²) in [5.41, 5.74) is 1.44. The van der Waals surface area contributed by atoms with Gasteiger partial charge in [-0.1, -0.05) is 6.92 Å². The van der Waals surface area contributed by atoms with Crippen molar-refractivity contribution in [2.24, 2.45) is 0 Å². The van der Waals surface area contributed by atoms with Crippen molar-refractivity contribution in [3.63, 3.8) is 0 Å². The van der Waals surface area contributed by atoms with Crippen LogP contribution in [0.5, 0.6) is 0 Å². The van der Waals surface area contributed by atoms with Gasteiger partial charge in [0, 0.05) is 24.7 Å². The number of nitrogens with one attached hydrogen (secondary N) is 1. The lowest BCUT2D eigenvalue weighted by molar-refractivity contribution is 0.0770. The Labute approximate surface area is 151 Å². The van der Waals surface area contributed by atoms with E-state index in [0.29, 0.717) is 17.9 Å². The molecule has 0 unspecified atom stereocenters. The van der Waals surface area contributed by atoms with Crippen LogP contribution in [-0.2, 0) is 22.8 Å². The van der Waals surface area contributed by atoms with Crippen LogP contribution >= 0.6 is 11.3 Å². The fourth-order valence-corrected chi connectivity index (χ4v) is 4.44. The molecular weight excluding hydrogens is 360 g/mol. The van der Waals surface area contributed by atoms with E-state index >= 15 is 0 Å². The highest BCUT2D eigenvalue weighted by Crippen LogP contribution is 2.14. The lowest BCUT2D eigenvalue weighted by atomic mass is 10.2. The fourth-order valence-electron chi connectivity index (χ4n) is 2.50. The van der Waals surface area contributed by atoms with Gasteiger partial charge in [0.2, 0.25) is 0 Å². The maximum atomic E-state index is 12.4. The third kappa shape index (κ3) is 4.55. The number of hydrogen-bond donors (Lipinski definition) is 1. The molecule has 0 saturated carbocycles. The van der Waals surface area contributed by atoms with Crippen molar-refractivity contribution in [3.05, 3.63) is 40.0 Å². The second-order valence-electron chi connectivity index (χ2n) is 5.82. The predicted molar refractivity (Wildman–Crippen MR) is 97.6 cm³/mol. The number of carbonyl (C=O) groups is 1. The van der Waals surface area contributed by atoms with Crippen LogP contribution in [0.2, 0.25) is 0 Å². The first-order valence-corrected chi connectivity index (χ1v) is 10.8. The monoisotopic (exact) mass is 380 g/mol. The maximum Gasteiger partial charge on any atom is 0.255 e. The second-order valence-corrected chi connectivity index (χ2v) is 9.06. The zero-order valence-electron chi connectivity index (χ0n) is 13.9. The molecule has 2 aromatic heterocycles. The highest BCUT2D eigenvalue weighted by Gasteiger charge is 2.25. The largest absolute Gasteiger partial charge is 0.364 e. The number of anilines is 1. The normalized spacial score (nSPS) is 16.6. The smallest absolute Gasteiger partial charge is 0.255 e. The maximum absolute atomic E-state index is 12.4. The minimum absolute atomic E-state index is 0.0270. The molecule has 1 fully saturated rings. The van der Waals surface area contributed by atoms with Crippen LogP contribution < -0.4 is 5.32 Å². The average Bonchev–Trinajstić information content (AvgIpc) is 3.08. The molecule has 1 N–H and O–H groups in total. The Hall–Kier alpha value is -2.00. The molecule has 0 atom stereocenters. The Bertz CT molecular complexity index is 833. The number of aromatic nitrogens is 2. The van der Waals surface area contributed by atoms with Crippen molar-refractivity contribution in [3.8, 4) is 0 Å². The first kappa shape index (κ1) is 17.8. The summed E-state index contributed by atoms with van der Waals surface area (Å²) in [5, 5.41) is 6.31. The molecule has 134 valence electrons. The van der Waals surface area contributed by atoms with Gasteiger partial charge in [-0.05, 0) is 18.6 Å². The van der Waals surface area contributed by atoms with E-state index in [9.17, 15) is 13.2 Å². The summed E-state index contributed by atoms with van der Waals surface area (Å²) in [5.74, 6) is 0.545. The van der Waals surface area contributed by atoms with Crippen LogP contribution in [0.25, 0.3) is 0 Å². The number of pyridine rings is 1. The number of rotatable bonds is 5. The number of thiazole rings is 1. The summed E-state index contributed by atoms with van der Waals surface area (Å²) in [7, 11) is -3.00. The number of hydrogen-bond acceptors (Lipinski definition) is 7. The number of sulfone groups is 1. The molecule has 0 aliphatic carbocycles. The van der Waals surface area contributed by atoms with Crippen molar-refractivity contribution in [1.29, 1.82) is 0 Å². The quantitative estimate of drug-likeness (QED) is 0.847. The summed E-state index contributed by atoms with van der Waals surface area (Å²) < 4.78 is 22.9. The SMILES string of the molecule is CCc1nc(CNc2ccc(C(=O)N3CCS(=O)(=O)CC3)cn2)cs1. The molecule has 0 radical (unpaired) electrons. The Morgan fingerprint density at radius 2 is 2.08 bits per heavy atom. The van der Waals surface area contributed by atoms with E-state index in [1.807, 2.05) is 5.38 Å². The number of carbonyl (C=O) groups excluding carboxylic acids is 1. The van der Waals surface area contributed by atoms with E-state index in [4.69, 9.17) is 0 Å². The van der Waals surface area contributed by atoms with Gasteiger partial charge in [-0.3, -0.25) is 4.79 Å². The van der Waals surface area contributed by atoms with Gasteiger partial charge in [-0.2, -0.15) is 0 Å². The lowest BCUT2D eigenvalue weighted by Crippen LogP contribution is -2.43. The molecule has 0 spiro atoms. The van der Waals surface area contributed by atoms with E-state index in [-0.39, 0.29) is 30.5 Å². The zero-order valence-corrected chi connectivity index (χ0v) is 15.6. The topological polar surface area (TPSA) is 92.3 Å². The molecule has 7 nitrogen and oxygen atoms in total. The molecule has 2 aromatic rings. The lowest BCUT2D eigenvalue weighted by Gasteiger charge is -2.26. The van der Waals surface area contributed by atoms with Crippen LogP contribution in [-0.4, -0.2) is 53.8 Å². The number of nitrogens with zero attached hydrogens (tertiary/aromatic N) is 3. The second kappa shape index (κ2) is 7.49. The Morgan fingerprint density at radius 1 is 1.32 bits per heavy atom. The van der Waals surface area contributed by atoms with Crippen LogP contribution in [0.1, 0.15) is 28.0 Å². The third-order valence-corrected chi connectivity index (χ3v) is 6.65. The first-order chi connectivity index (χ1) is 12.0. The summed E-state index contributed by atoms with van der Waals surface area (Å²) in [6.45, 7) is 3.14.